The minimum Gasteiger partial charge on any atom is -0.497 e. The average molecular weight is 245 g/mol. The Balaban J connectivity index is 2.21. The Hall–Kier alpha value is -2.30. The van der Waals surface area contributed by atoms with Gasteiger partial charge in [-0.15, -0.1) is 0 Å². The number of fused-ring (bicyclic) bond motifs is 3. The van der Waals surface area contributed by atoms with E-state index in [0.29, 0.717) is 17.7 Å². The molecule has 0 unspecified atom stereocenters. The largest absolute Gasteiger partial charge is 0.497 e. The number of carboxylic acids is 1. The standard InChI is InChI=1S/C13H11NO4/c1-17-8-3-4-9-7(6-8)2-5-10-11(9)12(13(15)16)14-18-10/h3-4,6H,2,5H2,1H3,(H,15,16). The summed E-state index contributed by atoms with van der Waals surface area (Å²) >= 11 is 0. The van der Waals surface area contributed by atoms with E-state index < -0.39 is 5.97 Å². The quantitative estimate of drug-likeness (QED) is 0.877. The number of ether oxygens (including phenoxy) is 1. The number of hydrogen-bond acceptors (Lipinski definition) is 4. The van der Waals surface area contributed by atoms with Gasteiger partial charge in [0.05, 0.1) is 12.7 Å². The van der Waals surface area contributed by atoms with Gasteiger partial charge in [-0.05, 0) is 29.7 Å². The Morgan fingerprint density at radius 2 is 2.28 bits per heavy atom. The molecular weight excluding hydrogens is 234 g/mol. The van der Waals surface area contributed by atoms with Crippen LogP contribution in [0.1, 0.15) is 21.8 Å². The molecular formula is C13H11NO4. The van der Waals surface area contributed by atoms with Gasteiger partial charge in [0.1, 0.15) is 11.5 Å². The van der Waals surface area contributed by atoms with Crippen LogP contribution in [0.5, 0.6) is 5.75 Å². The van der Waals surface area contributed by atoms with Crippen LogP contribution in [0.3, 0.4) is 0 Å². The zero-order chi connectivity index (χ0) is 12.7. The van der Waals surface area contributed by atoms with Gasteiger partial charge in [-0.25, -0.2) is 4.79 Å². The molecule has 0 spiro atoms. The van der Waals surface area contributed by atoms with Gasteiger partial charge in [0, 0.05) is 6.42 Å². The number of carbonyl (C=O) groups is 1. The summed E-state index contributed by atoms with van der Waals surface area (Å²) in [5, 5.41) is 12.7. The first-order valence-electron chi connectivity index (χ1n) is 5.60. The van der Waals surface area contributed by atoms with Crippen molar-refractivity contribution in [2.75, 3.05) is 7.11 Å². The number of nitrogens with zero attached hydrogens (tertiary/aromatic N) is 1. The van der Waals surface area contributed by atoms with Crippen LogP contribution >= 0.6 is 0 Å². The summed E-state index contributed by atoms with van der Waals surface area (Å²) < 4.78 is 10.3. The first kappa shape index (κ1) is 10.8. The average Bonchev–Trinajstić information content (AvgIpc) is 2.82. The van der Waals surface area contributed by atoms with Crippen LogP contribution in [-0.2, 0) is 12.8 Å². The second kappa shape index (κ2) is 3.87. The highest BCUT2D eigenvalue weighted by molar-refractivity contribution is 5.95. The summed E-state index contributed by atoms with van der Waals surface area (Å²) in [6.07, 6.45) is 1.46. The van der Waals surface area contributed by atoms with E-state index in [1.54, 1.807) is 7.11 Å². The lowest BCUT2D eigenvalue weighted by Crippen LogP contribution is -2.06. The molecule has 18 heavy (non-hydrogen) atoms. The summed E-state index contributed by atoms with van der Waals surface area (Å²) in [5.74, 6) is 0.347. The number of aromatic nitrogens is 1. The van der Waals surface area contributed by atoms with E-state index in [2.05, 4.69) is 5.16 Å². The van der Waals surface area contributed by atoms with Gasteiger partial charge in [0.15, 0.2) is 5.69 Å². The van der Waals surface area contributed by atoms with Crippen molar-refractivity contribution in [3.05, 3.63) is 35.2 Å². The molecule has 0 aliphatic heterocycles. The Kier molecular flexibility index (Phi) is 2.33. The molecule has 0 bridgehead atoms. The zero-order valence-electron chi connectivity index (χ0n) is 9.77. The maximum atomic E-state index is 11.1. The molecule has 1 aliphatic carbocycles. The Morgan fingerprint density at radius 3 is 3.00 bits per heavy atom. The minimum atomic E-state index is -1.07. The second-order valence-electron chi connectivity index (χ2n) is 4.16. The molecule has 5 nitrogen and oxygen atoms in total. The maximum absolute atomic E-state index is 11.1. The number of benzene rings is 1. The third kappa shape index (κ3) is 1.48. The summed E-state index contributed by atoms with van der Waals surface area (Å²) in [6, 6.07) is 5.60. The molecule has 1 N–H and O–H groups in total. The molecule has 0 amide bonds. The van der Waals surface area contributed by atoms with Crippen molar-refractivity contribution in [3.8, 4) is 16.9 Å². The molecule has 0 saturated heterocycles. The monoisotopic (exact) mass is 245 g/mol. The molecule has 3 rings (SSSR count). The minimum absolute atomic E-state index is 0.0175. The van der Waals surface area contributed by atoms with Gasteiger partial charge < -0.3 is 14.4 Å². The van der Waals surface area contributed by atoms with E-state index in [-0.39, 0.29) is 5.69 Å². The van der Waals surface area contributed by atoms with Crippen molar-refractivity contribution in [2.24, 2.45) is 0 Å². The normalized spacial score (nSPS) is 12.7. The second-order valence-corrected chi connectivity index (χ2v) is 4.16. The first-order valence-corrected chi connectivity index (χ1v) is 5.60. The molecule has 92 valence electrons. The fraction of sp³-hybridized carbons (Fsp3) is 0.231. The predicted molar refractivity (Wildman–Crippen MR) is 62.9 cm³/mol. The highest BCUT2D eigenvalue weighted by Crippen LogP contribution is 2.37. The SMILES string of the molecule is COc1ccc2c(c1)CCc1onc(C(=O)O)c1-2. The van der Waals surface area contributed by atoms with Gasteiger partial charge >= 0.3 is 5.97 Å². The topological polar surface area (TPSA) is 72.6 Å². The fourth-order valence-corrected chi connectivity index (χ4v) is 2.31. The van der Waals surface area contributed by atoms with Crippen LogP contribution in [0.4, 0.5) is 0 Å². The van der Waals surface area contributed by atoms with E-state index in [9.17, 15) is 4.79 Å². The number of methoxy groups -OCH3 is 1. The van der Waals surface area contributed by atoms with Crippen molar-refractivity contribution in [2.45, 2.75) is 12.8 Å². The van der Waals surface area contributed by atoms with Gasteiger partial charge in [-0.2, -0.15) is 0 Å². The molecule has 0 fully saturated rings. The molecule has 1 aliphatic rings. The number of aryl methyl sites for hydroxylation is 2. The predicted octanol–water partition coefficient (Wildman–Crippen LogP) is 2.15. The van der Waals surface area contributed by atoms with Gasteiger partial charge in [0.2, 0.25) is 0 Å². The maximum Gasteiger partial charge on any atom is 0.358 e. The van der Waals surface area contributed by atoms with Crippen molar-refractivity contribution < 1.29 is 19.2 Å². The first-order chi connectivity index (χ1) is 8.70. The lowest BCUT2D eigenvalue weighted by Gasteiger charge is -2.15. The highest BCUT2D eigenvalue weighted by atomic mass is 16.5. The Labute approximate surface area is 103 Å². The van der Waals surface area contributed by atoms with E-state index in [0.717, 1.165) is 23.3 Å². The van der Waals surface area contributed by atoms with Crippen molar-refractivity contribution in [1.82, 2.24) is 5.16 Å². The zero-order valence-corrected chi connectivity index (χ0v) is 9.77. The van der Waals surface area contributed by atoms with Crippen LogP contribution < -0.4 is 4.74 Å². The number of hydrogen-bond donors (Lipinski definition) is 1. The van der Waals surface area contributed by atoms with Crippen LogP contribution in [0.2, 0.25) is 0 Å². The highest BCUT2D eigenvalue weighted by Gasteiger charge is 2.27. The smallest absolute Gasteiger partial charge is 0.358 e. The van der Waals surface area contributed by atoms with E-state index in [4.69, 9.17) is 14.4 Å². The number of aromatic carboxylic acids is 1. The number of rotatable bonds is 2. The third-order valence-electron chi connectivity index (χ3n) is 3.17. The molecule has 0 saturated carbocycles. The molecule has 1 heterocycles. The van der Waals surface area contributed by atoms with Crippen LogP contribution in [-0.4, -0.2) is 23.3 Å². The van der Waals surface area contributed by atoms with Crippen LogP contribution in [0, 0.1) is 0 Å². The van der Waals surface area contributed by atoms with Gasteiger partial charge in [-0.3, -0.25) is 0 Å². The lowest BCUT2D eigenvalue weighted by molar-refractivity contribution is 0.0686. The summed E-state index contributed by atoms with van der Waals surface area (Å²) in [4.78, 5) is 11.1. The van der Waals surface area contributed by atoms with Crippen molar-refractivity contribution in [3.63, 3.8) is 0 Å². The summed E-state index contributed by atoms with van der Waals surface area (Å²) in [5.41, 5.74) is 2.52. The summed E-state index contributed by atoms with van der Waals surface area (Å²) in [7, 11) is 1.61. The van der Waals surface area contributed by atoms with E-state index in [1.165, 1.54) is 0 Å². The van der Waals surface area contributed by atoms with Crippen molar-refractivity contribution in [1.29, 1.82) is 0 Å². The molecule has 1 aromatic heterocycles. The molecule has 5 heteroatoms. The van der Waals surface area contributed by atoms with Gasteiger partial charge in [0.25, 0.3) is 0 Å². The van der Waals surface area contributed by atoms with E-state index >= 15 is 0 Å². The lowest BCUT2D eigenvalue weighted by atomic mass is 9.88. The number of carboxylic acid groups (broad SMARTS) is 1. The van der Waals surface area contributed by atoms with Gasteiger partial charge in [-0.1, -0.05) is 11.2 Å². The molecule has 1 aromatic carbocycles. The Bertz CT molecular complexity index is 630. The van der Waals surface area contributed by atoms with Crippen molar-refractivity contribution >= 4 is 5.97 Å². The molecule has 0 atom stereocenters. The molecule has 0 radical (unpaired) electrons. The van der Waals surface area contributed by atoms with E-state index in [1.807, 2.05) is 18.2 Å². The molecule has 2 aromatic rings. The van der Waals surface area contributed by atoms with Crippen LogP contribution in [0.15, 0.2) is 22.7 Å². The summed E-state index contributed by atoms with van der Waals surface area (Å²) in [6.45, 7) is 0. The van der Waals surface area contributed by atoms with Crippen LogP contribution in [0.25, 0.3) is 11.1 Å². The third-order valence-corrected chi connectivity index (χ3v) is 3.17. The fourth-order valence-electron chi connectivity index (χ4n) is 2.31. The Morgan fingerprint density at radius 1 is 1.44 bits per heavy atom.